The lowest BCUT2D eigenvalue weighted by atomic mass is 10.1. The van der Waals surface area contributed by atoms with Crippen LogP contribution < -0.4 is 14.2 Å². The van der Waals surface area contributed by atoms with E-state index in [1.54, 1.807) is 13.8 Å². The first-order valence-electron chi connectivity index (χ1n) is 6.30. The molecule has 1 unspecified atom stereocenters. The Morgan fingerprint density at radius 1 is 1.23 bits per heavy atom. The highest BCUT2D eigenvalue weighted by Crippen LogP contribution is 2.35. The van der Waals surface area contributed by atoms with Crippen LogP contribution >= 0.6 is 11.6 Å². The highest BCUT2D eigenvalue weighted by Gasteiger charge is 2.30. The molecular formula is C13H18ClNO6S. The second-order valence-electron chi connectivity index (χ2n) is 4.82. The van der Waals surface area contributed by atoms with Gasteiger partial charge < -0.3 is 14.6 Å². The Kier molecular flexibility index (Phi) is 6.04. The standard InChI is InChI=1S/C13H18ClNO6S/c1-7(2)12(13(16)17)15-22(18,19)11-6-10(21-4)9(20-3)5-8(11)14/h5-7,12,15H,1-4H3,(H,16,17). The molecule has 0 heterocycles. The number of methoxy groups -OCH3 is 2. The molecule has 0 aliphatic heterocycles. The van der Waals surface area contributed by atoms with E-state index in [4.69, 9.17) is 26.2 Å². The van der Waals surface area contributed by atoms with Gasteiger partial charge in [-0.05, 0) is 5.92 Å². The van der Waals surface area contributed by atoms with Crippen molar-refractivity contribution in [3.63, 3.8) is 0 Å². The molecule has 1 aromatic carbocycles. The molecule has 1 atom stereocenters. The van der Waals surface area contributed by atoms with Gasteiger partial charge in [0.2, 0.25) is 10.0 Å². The number of sulfonamides is 1. The minimum Gasteiger partial charge on any atom is -0.493 e. The van der Waals surface area contributed by atoms with E-state index in [-0.39, 0.29) is 21.4 Å². The van der Waals surface area contributed by atoms with Crippen molar-refractivity contribution < 1.29 is 27.8 Å². The molecule has 0 amide bonds. The first-order chi connectivity index (χ1) is 10.1. The fourth-order valence-corrected chi connectivity index (χ4v) is 3.61. The van der Waals surface area contributed by atoms with Crippen LogP contribution in [0.4, 0.5) is 0 Å². The Bertz CT molecular complexity index is 659. The van der Waals surface area contributed by atoms with Crippen LogP contribution in [0.2, 0.25) is 5.02 Å². The lowest BCUT2D eigenvalue weighted by Gasteiger charge is -2.19. The molecule has 0 bridgehead atoms. The zero-order valence-corrected chi connectivity index (χ0v) is 14.2. The summed E-state index contributed by atoms with van der Waals surface area (Å²) in [6.07, 6.45) is 0. The molecule has 0 spiro atoms. The van der Waals surface area contributed by atoms with Crippen molar-refractivity contribution in [2.24, 2.45) is 5.92 Å². The first kappa shape index (κ1) is 18.5. The molecule has 0 saturated heterocycles. The Balaban J connectivity index is 3.31. The maximum absolute atomic E-state index is 12.4. The fraction of sp³-hybridized carbons (Fsp3) is 0.462. The third kappa shape index (κ3) is 4.02. The SMILES string of the molecule is COc1cc(Cl)c(S(=O)(=O)NC(C(=O)O)C(C)C)cc1OC. The zero-order valence-electron chi connectivity index (χ0n) is 12.6. The highest BCUT2D eigenvalue weighted by atomic mass is 35.5. The number of carboxylic acids is 1. The quantitative estimate of drug-likeness (QED) is 0.775. The second-order valence-corrected chi connectivity index (χ2v) is 6.91. The molecule has 1 aromatic rings. The molecule has 1 rings (SSSR count). The normalized spacial score (nSPS) is 13.0. The minimum atomic E-state index is -4.14. The molecule has 22 heavy (non-hydrogen) atoms. The number of hydrogen-bond acceptors (Lipinski definition) is 5. The van der Waals surface area contributed by atoms with E-state index in [0.717, 1.165) is 0 Å². The van der Waals surface area contributed by atoms with Crippen LogP contribution in [0.5, 0.6) is 11.5 Å². The summed E-state index contributed by atoms with van der Waals surface area (Å²) in [7, 11) is -1.40. The maximum atomic E-state index is 12.4. The number of carbonyl (C=O) groups is 1. The molecule has 0 radical (unpaired) electrons. The minimum absolute atomic E-state index is 0.0990. The van der Waals surface area contributed by atoms with Gasteiger partial charge in [0, 0.05) is 12.1 Å². The third-order valence-electron chi connectivity index (χ3n) is 2.94. The summed E-state index contributed by atoms with van der Waals surface area (Å²) < 4.78 is 37.0. The van der Waals surface area contributed by atoms with Gasteiger partial charge in [-0.1, -0.05) is 25.4 Å². The average Bonchev–Trinajstić information content (AvgIpc) is 2.43. The number of hydrogen-bond donors (Lipinski definition) is 2. The summed E-state index contributed by atoms with van der Waals surface area (Å²) in [5.41, 5.74) is 0. The first-order valence-corrected chi connectivity index (χ1v) is 8.16. The van der Waals surface area contributed by atoms with Gasteiger partial charge in [-0.15, -0.1) is 0 Å². The van der Waals surface area contributed by atoms with Gasteiger partial charge in [0.05, 0.1) is 19.2 Å². The summed E-state index contributed by atoms with van der Waals surface area (Å²) in [4.78, 5) is 10.9. The molecule has 7 nitrogen and oxygen atoms in total. The lowest BCUT2D eigenvalue weighted by Crippen LogP contribution is -2.44. The van der Waals surface area contributed by atoms with Crippen LogP contribution in [0, 0.1) is 5.92 Å². The lowest BCUT2D eigenvalue weighted by molar-refractivity contribution is -0.140. The Hall–Kier alpha value is -1.51. The number of aliphatic carboxylic acids is 1. The summed E-state index contributed by atoms with van der Waals surface area (Å²) in [6.45, 7) is 3.19. The third-order valence-corrected chi connectivity index (χ3v) is 4.85. The van der Waals surface area contributed by atoms with Gasteiger partial charge in [0.25, 0.3) is 0 Å². The number of halogens is 1. The maximum Gasteiger partial charge on any atom is 0.322 e. The van der Waals surface area contributed by atoms with Crippen molar-refractivity contribution in [2.45, 2.75) is 24.8 Å². The number of benzene rings is 1. The molecule has 0 fully saturated rings. The van der Waals surface area contributed by atoms with E-state index in [1.807, 2.05) is 0 Å². The van der Waals surface area contributed by atoms with Crippen LogP contribution in [0.1, 0.15) is 13.8 Å². The van der Waals surface area contributed by atoms with Crippen LogP contribution in [0.25, 0.3) is 0 Å². The Morgan fingerprint density at radius 3 is 2.14 bits per heavy atom. The molecule has 0 aliphatic rings. The van der Waals surface area contributed by atoms with Gasteiger partial charge in [-0.2, -0.15) is 4.72 Å². The monoisotopic (exact) mass is 351 g/mol. The topological polar surface area (TPSA) is 102 Å². The summed E-state index contributed by atoms with van der Waals surface area (Å²) >= 11 is 5.96. The average molecular weight is 352 g/mol. The molecule has 0 aliphatic carbocycles. The predicted molar refractivity (Wildman–Crippen MR) is 81.1 cm³/mol. The molecule has 2 N–H and O–H groups in total. The van der Waals surface area contributed by atoms with Crippen molar-refractivity contribution in [2.75, 3.05) is 14.2 Å². The van der Waals surface area contributed by atoms with E-state index >= 15 is 0 Å². The Morgan fingerprint density at radius 2 is 1.73 bits per heavy atom. The highest BCUT2D eigenvalue weighted by molar-refractivity contribution is 7.89. The van der Waals surface area contributed by atoms with Crippen LogP contribution in [-0.4, -0.2) is 39.8 Å². The summed E-state index contributed by atoms with van der Waals surface area (Å²) in [5.74, 6) is -1.27. The van der Waals surface area contributed by atoms with Crippen molar-refractivity contribution in [3.8, 4) is 11.5 Å². The number of ether oxygens (including phenoxy) is 2. The van der Waals surface area contributed by atoms with Crippen LogP contribution in [0.15, 0.2) is 17.0 Å². The zero-order chi connectivity index (χ0) is 17.1. The van der Waals surface area contributed by atoms with Crippen molar-refractivity contribution in [1.82, 2.24) is 4.72 Å². The van der Waals surface area contributed by atoms with Gasteiger partial charge in [0.1, 0.15) is 10.9 Å². The molecule has 0 saturated carbocycles. The fourth-order valence-electron chi connectivity index (χ4n) is 1.74. The molecular weight excluding hydrogens is 334 g/mol. The van der Waals surface area contributed by atoms with Crippen LogP contribution in [0.3, 0.4) is 0 Å². The van der Waals surface area contributed by atoms with E-state index in [2.05, 4.69) is 4.72 Å². The van der Waals surface area contributed by atoms with Gasteiger partial charge >= 0.3 is 5.97 Å². The van der Waals surface area contributed by atoms with E-state index in [9.17, 15) is 13.2 Å². The summed E-state index contributed by atoms with van der Waals surface area (Å²) in [5, 5.41) is 9.00. The van der Waals surface area contributed by atoms with Gasteiger partial charge in [-0.3, -0.25) is 4.79 Å². The smallest absolute Gasteiger partial charge is 0.322 e. The second kappa shape index (κ2) is 7.17. The largest absolute Gasteiger partial charge is 0.493 e. The number of carboxylic acid groups (broad SMARTS) is 1. The summed E-state index contributed by atoms with van der Waals surface area (Å²) in [6, 6.07) is 1.21. The molecule has 9 heteroatoms. The van der Waals surface area contributed by atoms with E-state index in [1.165, 1.54) is 26.4 Å². The molecule has 124 valence electrons. The van der Waals surface area contributed by atoms with E-state index in [0.29, 0.717) is 0 Å². The number of rotatable bonds is 7. The molecule has 0 aromatic heterocycles. The predicted octanol–water partition coefficient (Wildman–Crippen LogP) is 1.74. The van der Waals surface area contributed by atoms with Crippen molar-refractivity contribution in [1.29, 1.82) is 0 Å². The van der Waals surface area contributed by atoms with Gasteiger partial charge in [-0.25, -0.2) is 8.42 Å². The van der Waals surface area contributed by atoms with Crippen molar-refractivity contribution >= 4 is 27.6 Å². The number of nitrogens with one attached hydrogen (secondary N) is 1. The van der Waals surface area contributed by atoms with Crippen molar-refractivity contribution in [3.05, 3.63) is 17.2 Å². The Labute approximate surface area is 134 Å². The van der Waals surface area contributed by atoms with Crippen LogP contribution in [-0.2, 0) is 14.8 Å². The van der Waals surface area contributed by atoms with Gasteiger partial charge in [0.15, 0.2) is 11.5 Å². The van der Waals surface area contributed by atoms with E-state index < -0.39 is 28.0 Å².